The van der Waals surface area contributed by atoms with E-state index in [-0.39, 0.29) is 12.6 Å². The van der Waals surface area contributed by atoms with Crippen molar-refractivity contribution in [3.63, 3.8) is 0 Å². The van der Waals surface area contributed by atoms with Crippen molar-refractivity contribution in [2.24, 2.45) is 0 Å². The summed E-state index contributed by atoms with van der Waals surface area (Å²) in [6, 6.07) is 11.6. The van der Waals surface area contributed by atoms with Crippen LogP contribution in [-0.2, 0) is 0 Å². The molecule has 0 spiro atoms. The van der Waals surface area contributed by atoms with Gasteiger partial charge in [0.15, 0.2) is 5.82 Å². The summed E-state index contributed by atoms with van der Waals surface area (Å²) in [5, 5.41) is 15.5. The van der Waals surface area contributed by atoms with E-state index in [2.05, 4.69) is 20.6 Å². The Morgan fingerprint density at radius 2 is 1.85 bits per heavy atom. The van der Waals surface area contributed by atoms with Crippen LogP contribution in [0.2, 0.25) is 0 Å². The lowest BCUT2D eigenvalue weighted by Gasteiger charge is -2.14. The van der Waals surface area contributed by atoms with Crippen LogP contribution >= 0.6 is 0 Å². The molecule has 0 saturated carbocycles. The van der Waals surface area contributed by atoms with Crippen molar-refractivity contribution in [1.82, 2.24) is 9.97 Å². The summed E-state index contributed by atoms with van der Waals surface area (Å²) < 4.78 is 0. The highest BCUT2D eigenvalue weighted by molar-refractivity contribution is 5.61. The molecule has 1 aromatic heterocycles. The van der Waals surface area contributed by atoms with E-state index in [1.165, 1.54) is 0 Å². The lowest BCUT2D eigenvalue weighted by Crippen LogP contribution is -2.20. The minimum Gasteiger partial charge on any atom is -0.394 e. The molecular weight excluding hydrogens is 252 g/mol. The Kier molecular flexibility index (Phi) is 4.90. The molecule has 1 unspecified atom stereocenters. The number of anilines is 2. The van der Waals surface area contributed by atoms with Crippen LogP contribution in [0.3, 0.4) is 0 Å². The first-order chi connectivity index (χ1) is 9.72. The molecule has 3 N–H and O–H groups in total. The Labute approximate surface area is 119 Å². The molecule has 0 saturated heterocycles. The zero-order valence-corrected chi connectivity index (χ0v) is 11.8. The van der Waals surface area contributed by atoms with E-state index in [1.54, 1.807) is 0 Å². The van der Waals surface area contributed by atoms with E-state index in [4.69, 9.17) is 5.11 Å². The van der Waals surface area contributed by atoms with Crippen LogP contribution in [-0.4, -0.2) is 34.3 Å². The van der Waals surface area contributed by atoms with Gasteiger partial charge in [-0.15, -0.1) is 0 Å². The molecule has 106 valence electrons. The van der Waals surface area contributed by atoms with Gasteiger partial charge in [-0.05, 0) is 13.8 Å². The second-order valence-corrected chi connectivity index (χ2v) is 4.59. The number of aromatic nitrogens is 2. The van der Waals surface area contributed by atoms with E-state index >= 15 is 0 Å². The van der Waals surface area contributed by atoms with Crippen molar-refractivity contribution in [3.8, 4) is 11.4 Å². The fourth-order valence-electron chi connectivity index (χ4n) is 1.81. The standard InChI is InChI=1S/C15H20N4O/c1-3-16-13-9-14(17-11(2)10-20)19-15(18-13)12-7-5-4-6-8-12/h4-9,11,20H,3,10H2,1-2H3,(H2,16,17,18,19). The van der Waals surface area contributed by atoms with Crippen molar-refractivity contribution < 1.29 is 5.11 Å². The van der Waals surface area contributed by atoms with Crippen LogP contribution in [0, 0.1) is 0 Å². The first kappa shape index (κ1) is 14.3. The predicted octanol–water partition coefficient (Wildman–Crippen LogP) is 2.37. The molecule has 0 aliphatic carbocycles. The van der Waals surface area contributed by atoms with E-state index in [0.717, 1.165) is 17.9 Å². The molecule has 0 aliphatic heterocycles. The van der Waals surface area contributed by atoms with Gasteiger partial charge >= 0.3 is 0 Å². The first-order valence-corrected chi connectivity index (χ1v) is 6.78. The van der Waals surface area contributed by atoms with E-state index < -0.39 is 0 Å². The smallest absolute Gasteiger partial charge is 0.163 e. The van der Waals surface area contributed by atoms with Gasteiger partial charge in [-0.1, -0.05) is 30.3 Å². The van der Waals surface area contributed by atoms with E-state index in [1.807, 2.05) is 50.2 Å². The quantitative estimate of drug-likeness (QED) is 0.753. The minimum atomic E-state index is -0.0528. The topological polar surface area (TPSA) is 70.1 Å². The van der Waals surface area contributed by atoms with Crippen LogP contribution < -0.4 is 10.6 Å². The molecule has 1 atom stereocenters. The second kappa shape index (κ2) is 6.86. The third kappa shape index (κ3) is 3.68. The third-order valence-corrected chi connectivity index (χ3v) is 2.78. The number of nitrogens with one attached hydrogen (secondary N) is 2. The Morgan fingerprint density at radius 3 is 2.50 bits per heavy atom. The highest BCUT2D eigenvalue weighted by Gasteiger charge is 2.08. The van der Waals surface area contributed by atoms with E-state index in [0.29, 0.717) is 11.6 Å². The summed E-state index contributed by atoms with van der Waals surface area (Å²) in [5.41, 5.74) is 0.965. The zero-order chi connectivity index (χ0) is 14.4. The average molecular weight is 272 g/mol. The molecule has 0 radical (unpaired) electrons. The molecule has 2 rings (SSSR count). The number of hydrogen-bond donors (Lipinski definition) is 3. The lowest BCUT2D eigenvalue weighted by atomic mass is 10.2. The Bertz CT molecular complexity index is 545. The van der Waals surface area contributed by atoms with Gasteiger partial charge in [0.05, 0.1) is 6.61 Å². The van der Waals surface area contributed by atoms with Gasteiger partial charge < -0.3 is 15.7 Å². The molecule has 5 nitrogen and oxygen atoms in total. The normalized spacial score (nSPS) is 11.9. The van der Waals surface area contributed by atoms with Crippen molar-refractivity contribution in [2.75, 3.05) is 23.8 Å². The maximum Gasteiger partial charge on any atom is 0.163 e. The summed E-state index contributed by atoms with van der Waals surface area (Å²) in [6.07, 6.45) is 0. The van der Waals surface area contributed by atoms with Gasteiger partial charge in [-0.3, -0.25) is 0 Å². The van der Waals surface area contributed by atoms with E-state index in [9.17, 15) is 0 Å². The molecule has 1 aromatic carbocycles. The van der Waals surface area contributed by atoms with Crippen molar-refractivity contribution in [3.05, 3.63) is 36.4 Å². The maximum atomic E-state index is 9.13. The van der Waals surface area contributed by atoms with Crippen molar-refractivity contribution in [1.29, 1.82) is 0 Å². The molecule has 0 bridgehead atoms. The monoisotopic (exact) mass is 272 g/mol. The minimum absolute atomic E-state index is 0.0528. The van der Waals surface area contributed by atoms with Gasteiger partial charge in [0.1, 0.15) is 11.6 Å². The lowest BCUT2D eigenvalue weighted by molar-refractivity contribution is 0.281. The van der Waals surface area contributed by atoms with Gasteiger partial charge in [0.25, 0.3) is 0 Å². The van der Waals surface area contributed by atoms with Crippen LogP contribution in [0.15, 0.2) is 36.4 Å². The van der Waals surface area contributed by atoms with Crippen LogP contribution in [0.5, 0.6) is 0 Å². The molecule has 2 aromatic rings. The molecule has 5 heteroatoms. The van der Waals surface area contributed by atoms with Crippen molar-refractivity contribution >= 4 is 11.6 Å². The number of benzene rings is 1. The molecular formula is C15H20N4O. The van der Waals surface area contributed by atoms with Crippen LogP contribution in [0.25, 0.3) is 11.4 Å². The SMILES string of the molecule is CCNc1cc(NC(C)CO)nc(-c2ccccc2)n1. The number of nitrogens with zero attached hydrogens (tertiary/aromatic N) is 2. The average Bonchev–Trinajstić information content (AvgIpc) is 2.48. The Morgan fingerprint density at radius 1 is 1.15 bits per heavy atom. The van der Waals surface area contributed by atoms with Gasteiger partial charge in [0, 0.05) is 24.2 Å². The highest BCUT2D eigenvalue weighted by Crippen LogP contribution is 2.20. The number of rotatable bonds is 6. The van der Waals surface area contributed by atoms with Gasteiger partial charge in [-0.2, -0.15) is 0 Å². The molecule has 0 amide bonds. The Hall–Kier alpha value is -2.14. The summed E-state index contributed by atoms with van der Waals surface area (Å²) in [5.74, 6) is 2.14. The highest BCUT2D eigenvalue weighted by atomic mass is 16.3. The molecule has 1 heterocycles. The second-order valence-electron chi connectivity index (χ2n) is 4.59. The van der Waals surface area contributed by atoms with Crippen molar-refractivity contribution in [2.45, 2.75) is 19.9 Å². The maximum absolute atomic E-state index is 9.13. The number of aliphatic hydroxyl groups is 1. The van der Waals surface area contributed by atoms with Crippen LogP contribution in [0.1, 0.15) is 13.8 Å². The summed E-state index contributed by atoms with van der Waals surface area (Å²) in [4.78, 5) is 9.00. The Balaban J connectivity index is 2.35. The first-order valence-electron chi connectivity index (χ1n) is 6.78. The largest absolute Gasteiger partial charge is 0.394 e. The fraction of sp³-hybridized carbons (Fsp3) is 0.333. The number of hydrogen-bond acceptors (Lipinski definition) is 5. The van der Waals surface area contributed by atoms with Gasteiger partial charge in [-0.25, -0.2) is 9.97 Å². The summed E-state index contributed by atoms with van der Waals surface area (Å²) in [6.45, 7) is 4.77. The van der Waals surface area contributed by atoms with Crippen LogP contribution in [0.4, 0.5) is 11.6 Å². The molecule has 20 heavy (non-hydrogen) atoms. The predicted molar refractivity (Wildman–Crippen MR) is 81.8 cm³/mol. The fourth-order valence-corrected chi connectivity index (χ4v) is 1.81. The molecule has 0 fully saturated rings. The summed E-state index contributed by atoms with van der Waals surface area (Å²) in [7, 11) is 0. The van der Waals surface area contributed by atoms with Gasteiger partial charge in [0.2, 0.25) is 0 Å². The third-order valence-electron chi connectivity index (χ3n) is 2.78. The number of aliphatic hydroxyl groups excluding tert-OH is 1. The molecule has 0 aliphatic rings. The zero-order valence-electron chi connectivity index (χ0n) is 11.8. The summed E-state index contributed by atoms with van der Waals surface area (Å²) >= 11 is 0.